The van der Waals surface area contributed by atoms with E-state index in [1.807, 2.05) is 0 Å². The quantitative estimate of drug-likeness (QED) is 0.511. The Morgan fingerprint density at radius 1 is 1.33 bits per heavy atom. The van der Waals surface area contributed by atoms with Gasteiger partial charge in [0.1, 0.15) is 6.10 Å². The lowest BCUT2D eigenvalue weighted by Crippen LogP contribution is -2.36. The molecule has 0 fully saturated rings. The molecule has 0 saturated carbocycles. The molecule has 6 heteroatoms. The highest BCUT2D eigenvalue weighted by atomic mass is 16.5. The van der Waals surface area contributed by atoms with E-state index in [4.69, 9.17) is 5.73 Å². The lowest BCUT2D eigenvalue weighted by molar-refractivity contribution is -0.140. The molecule has 69 valence electrons. The van der Waals surface area contributed by atoms with E-state index in [9.17, 15) is 14.7 Å². The molecule has 6 nitrogen and oxygen atoms in total. The van der Waals surface area contributed by atoms with Gasteiger partial charge in [-0.3, -0.25) is 9.59 Å². The monoisotopic (exact) mass is 175 g/mol. The maximum absolute atomic E-state index is 10.6. The first-order valence-electron chi connectivity index (χ1n) is 3.31. The summed E-state index contributed by atoms with van der Waals surface area (Å²) in [4.78, 5) is 20.6. The average molecular weight is 175 g/mol. The van der Waals surface area contributed by atoms with Crippen molar-refractivity contribution in [3.05, 3.63) is 0 Å². The Kier molecular flexibility index (Phi) is 4.24. The minimum Gasteiger partial charge on any atom is -0.367 e. The van der Waals surface area contributed by atoms with E-state index in [0.29, 0.717) is 0 Å². The molecule has 0 aliphatic carbocycles. The molecule has 0 heterocycles. The van der Waals surface area contributed by atoms with Gasteiger partial charge in [-0.25, -0.2) is 5.11 Å². The minimum atomic E-state index is -1.65. The maximum Gasteiger partial charge on any atom is 0.252 e. The summed E-state index contributed by atoms with van der Waals surface area (Å²) in [5, 5.41) is 10.6. The van der Waals surface area contributed by atoms with E-state index in [0.717, 1.165) is 0 Å². The average Bonchev–Trinajstić information content (AvgIpc) is 1.98. The van der Waals surface area contributed by atoms with Gasteiger partial charge in [0.15, 0.2) is 6.10 Å². The van der Waals surface area contributed by atoms with E-state index in [2.05, 4.69) is 10.5 Å². The smallest absolute Gasteiger partial charge is 0.252 e. The van der Waals surface area contributed by atoms with Gasteiger partial charge in [-0.05, 0) is 6.92 Å². The second kappa shape index (κ2) is 4.68. The molecule has 4 N–H and O–H groups in total. The van der Waals surface area contributed by atoms with E-state index < -0.39 is 30.6 Å². The molecule has 0 bridgehead atoms. The topological polar surface area (TPSA) is 115 Å². The Bertz CT molecular complexity index is 162. The van der Waals surface area contributed by atoms with Crippen molar-refractivity contribution in [3.63, 3.8) is 0 Å². The molecule has 0 aliphatic heterocycles. The molecule has 0 aromatic heterocycles. The predicted molar refractivity (Wildman–Crippen MR) is 38.3 cm³/mol. The number of ether oxygens (including phenoxy) is 1. The maximum atomic E-state index is 10.6. The van der Waals surface area contributed by atoms with Crippen molar-refractivity contribution >= 4 is 11.8 Å². The van der Waals surface area contributed by atoms with Gasteiger partial charge in [0.05, 0.1) is 6.61 Å². The van der Waals surface area contributed by atoms with Crippen LogP contribution in [-0.2, 0) is 19.4 Å². The van der Waals surface area contributed by atoms with Crippen LogP contribution >= 0.6 is 0 Å². The number of primary amides is 2. The second-order valence-corrected chi connectivity index (χ2v) is 2.27. The number of nitrogens with two attached hydrogens (primary N) is 2. The summed E-state index contributed by atoms with van der Waals surface area (Å²) in [6.45, 7) is 0.954. The van der Waals surface area contributed by atoms with E-state index in [-0.39, 0.29) is 0 Å². The van der Waals surface area contributed by atoms with Crippen LogP contribution in [0.15, 0.2) is 0 Å². The van der Waals surface area contributed by atoms with Crippen LogP contribution in [0.5, 0.6) is 0 Å². The van der Waals surface area contributed by atoms with Gasteiger partial charge in [0, 0.05) is 0 Å². The van der Waals surface area contributed by atoms with Crippen LogP contribution in [0.25, 0.3) is 0 Å². The van der Waals surface area contributed by atoms with Crippen molar-refractivity contribution in [2.45, 2.75) is 19.1 Å². The van der Waals surface area contributed by atoms with Gasteiger partial charge in [0.25, 0.3) is 5.91 Å². The lowest BCUT2D eigenvalue weighted by atomic mass is 10.3. The first kappa shape index (κ1) is 10.9. The van der Waals surface area contributed by atoms with Gasteiger partial charge in [-0.1, -0.05) is 0 Å². The summed E-state index contributed by atoms with van der Waals surface area (Å²) in [5.74, 6) is -1.70. The fourth-order valence-electron chi connectivity index (χ4n) is 0.396. The van der Waals surface area contributed by atoms with Gasteiger partial charge in [-0.2, -0.15) is 0 Å². The molecule has 1 radical (unpaired) electrons. The molecule has 0 saturated heterocycles. The summed E-state index contributed by atoms with van der Waals surface area (Å²) < 4.78 is 4.64. The number of carbonyl (C=O) groups excluding carboxylic acids is 2. The number of hydrogen-bond acceptors (Lipinski definition) is 3. The van der Waals surface area contributed by atoms with Crippen LogP contribution in [0.4, 0.5) is 0 Å². The molecule has 2 unspecified atom stereocenters. The molecule has 12 heavy (non-hydrogen) atoms. The van der Waals surface area contributed by atoms with Gasteiger partial charge < -0.3 is 16.2 Å². The van der Waals surface area contributed by atoms with E-state index >= 15 is 0 Å². The molecule has 2 atom stereocenters. The van der Waals surface area contributed by atoms with Crippen LogP contribution in [0.1, 0.15) is 6.92 Å². The summed E-state index contributed by atoms with van der Waals surface area (Å²) in [6.07, 6.45) is -2.52. The van der Waals surface area contributed by atoms with Crippen molar-refractivity contribution < 1.29 is 19.4 Å². The minimum absolute atomic E-state index is 0.431. The van der Waals surface area contributed by atoms with Gasteiger partial charge in [-0.15, -0.1) is 0 Å². The number of amides is 2. The van der Waals surface area contributed by atoms with Crippen LogP contribution in [-0.4, -0.2) is 30.6 Å². The highest BCUT2D eigenvalue weighted by Gasteiger charge is 2.16. The standard InChI is InChI=1S/C6H11N2O4/c1-3(5(7)10)12-2-4(9)6(8)11/h3-4H,2H2,1H3,(H2,7,10)(H2,8,11). The Hall–Kier alpha value is -1.14. The van der Waals surface area contributed by atoms with E-state index in [1.54, 1.807) is 0 Å². The van der Waals surface area contributed by atoms with Crippen LogP contribution in [0.3, 0.4) is 0 Å². The summed E-state index contributed by atoms with van der Waals surface area (Å²) in [5.41, 5.74) is 9.47. The number of carbonyl (C=O) groups is 2. The van der Waals surface area contributed by atoms with Crippen LogP contribution in [0.2, 0.25) is 0 Å². The van der Waals surface area contributed by atoms with Crippen molar-refractivity contribution in [3.8, 4) is 0 Å². The molecule has 0 spiro atoms. The first-order chi connectivity index (χ1) is 5.45. The largest absolute Gasteiger partial charge is 0.367 e. The zero-order valence-corrected chi connectivity index (χ0v) is 6.65. The van der Waals surface area contributed by atoms with E-state index in [1.165, 1.54) is 6.92 Å². The summed E-state index contributed by atoms with van der Waals surface area (Å²) in [7, 11) is 0. The van der Waals surface area contributed by atoms with Crippen molar-refractivity contribution in [2.24, 2.45) is 11.5 Å². The number of hydrogen-bond donors (Lipinski definition) is 2. The van der Waals surface area contributed by atoms with Crippen molar-refractivity contribution in [2.75, 3.05) is 6.61 Å². The van der Waals surface area contributed by atoms with Crippen LogP contribution in [0, 0.1) is 0 Å². The zero-order valence-electron chi connectivity index (χ0n) is 6.65. The number of rotatable bonds is 5. The lowest BCUT2D eigenvalue weighted by Gasteiger charge is -2.09. The molecular formula is C6H11N2O4. The Labute approximate surface area is 69.5 Å². The Balaban J connectivity index is 3.68. The molecule has 0 aromatic rings. The summed E-state index contributed by atoms with van der Waals surface area (Å²) in [6, 6.07) is 0. The first-order valence-corrected chi connectivity index (χ1v) is 3.31. The van der Waals surface area contributed by atoms with Crippen molar-refractivity contribution in [1.29, 1.82) is 0 Å². The third-order valence-corrected chi connectivity index (χ3v) is 1.22. The second-order valence-electron chi connectivity index (χ2n) is 2.27. The highest BCUT2D eigenvalue weighted by molar-refractivity contribution is 5.79. The van der Waals surface area contributed by atoms with Gasteiger partial charge in [0.2, 0.25) is 5.91 Å². The normalized spacial score (nSPS) is 15.2. The zero-order chi connectivity index (χ0) is 9.72. The molecule has 0 rings (SSSR count). The Morgan fingerprint density at radius 2 is 1.83 bits per heavy atom. The third-order valence-electron chi connectivity index (χ3n) is 1.22. The van der Waals surface area contributed by atoms with Crippen LogP contribution < -0.4 is 11.5 Å². The fourth-order valence-corrected chi connectivity index (χ4v) is 0.396. The molecule has 2 amide bonds. The Morgan fingerprint density at radius 3 is 2.17 bits per heavy atom. The molecular weight excluding hydrogens is 164 g/mol. The predicted octanol–water partition coefficient (Wildman–Crippen LogP) is -1.84. The summed E-state index contributed by atoms with van der Waals surface area (Å²) >= 11 is 0. The third kappa shape index (κ3) is 3.89. The molecule has 0 aliphatic rings. The fraction of sp³-hybridized carbons (Fsp3) is 0.667. The SMILES string of the molecule is CC(OCC([O])C(N)=O)C(N)=O. The van der Waals surface area contributed by atoms with Gasteiger partial charge >= 0.3 is 0 Å². The molecule has 0 aromatic carbocycles. The highest BCUT2D eigenvalue weighted by Crippen LogP contribution is 1.92. The van der Waals surface area contributed by atoms with Crippen molar-refractivity contribution in [1.82, 2.24) is 0 Å².